The zero-order valence-electron chi connectivity index (χ0n) is 13.8. The van der Waals surface area contributed by atoms with E-state index in [1.54, 1.807) is 11.8 Å². The Morgan fingerprint density at radius 2 is 1.81 bits per heavy atom. The second-order valence-corrected chi connectivity index (χ2v) is 7.03. The van der Waals surface area contributed by atoms with E-state index in [4.69, 9.17) is 15.2 Å². The number of amides is 2. The van der Waals surface area contributed by atoms with E-state index in [2.05, 4.69) is 0 Å². The molecule has 6 heteroatoms. The summed E-state index contributed by atoms with van der Waals surface area (Å²) >= 11 is 0. The Morgan fingerprint density at radius 1 is 1.29 bits per heavy atom. The van der Waals surface area contributed by atoms with Crippen LogP contribution in [0.3, 0.4) is 0 Å². The predicted molar refractivity (Wildman–Crippen MR) is 79.8 cm³/mol. The Kier molecular flexibility index (Phi) is 5.61. The van der Waals surface area contributed by atoms with Crippen molar-refractivity contribution < 1.29 is 19.1 Å². The first-order chi connectivity index (χ1) is 9.52. The molecule has 0 spiro atoms. The van der Waals surface area contributed by atoms with Gasteiger partial charge in [-0.05, 0) is 40.5 Å². The van der Waals surface area contributed by atoms with Crippen molar-refractivity contribution in [3.05, 3.63) is 0 Å². The number of nitrogens with zero attached hydrogens (tertiary/aromatic N) is 1. The zero-order chi connectivity index (χ0) is 16.3. The maximum Gasteiger partial charge on any atom is 0.410 e. The summed E-state index contributed by atoms with van der Waals surface area (Å²) in [5.41, 5.74) is 4.43. The van der Waals surface area contributed by atoms with Gasteiger partial charge in [-0.25, -0.2) is 4.79 Å². The number of primary amides is 1. The van der Waals surface area contributed by atoms with E-state index in [0.29, 0.717) is 19.7 Å². The minimum atomic E-state index is -0.481. The SMILES string of the molecule is CC(COC1(C)CCN(C(=O)OC(C)(C)C)CC1)C(N)=O. The fourth-order valence-electron chi connectivity index (χ4n) is 2.04. The minimum Gasteiger partial charge on any atom is -0.444 e. The molecule has 21 heavy (non-hydrogen) atoms. The van der Waals surface area contributed by atoms with E-state index in [1.165, 1.54) is 0 Å². The predicted octanol–water partition coefficient (Wildman–Crippen LogP) is 1.91. The lowest BCUT2D eigenvalue weighted by Gasteiger charge is -2.39. The van der Waals surface area contributed by atoms with Crippen LogP contribution in [0.2, 0.25) is 0 Å². The number of ether oxygens (including phenoxy) is 2. The van der Waals surface area contributed by atoms with Crippen molar-refractivity contribution in [2.45, 2.75) is 58.7 Å². The molecule has 1 atom stereocenters. The van der Waals surface area contributed by atoms with Crippen LogP contribution in [0.25, 0.3) is 0 Å². The lowest BCUT2D eigenvalue weighted by molar-refractivity contribution is -0.128. The van der Waals surface area contributed by atoms with Crippen LogP contribution in [0.4, 0.5) is 4.79 Å². The van der Waals surface area contributed by atoms with E-state index in [1.807, 2.05) is 27.7 Å². The lowest BCUT2D eigenvalue weighted by Crippen LogP contribution is -2.48. The van der Waals surface area contributed by atoms with Crippen LogP contribution >= 0.6 is 0 Å². The molecule has 0 radical (unpaired) electrons. The summed E-state index contributed by atoms with van der Waals surface area (Å²) in [4.78, 5) is 24.7. The van der Waals surface area contributed by atoms with E-state index in [0.717, 1.165) is 12.8 Å². The van der Waals surface area contributed by atoms with Crippen molar-refractivity contribution >= 4 is 12.0 Å². The van der Waals surface area contributed by atoms with Crippen molar-refractivity contribution in [2.75, 3.05) is 19.7 Å². The van der Waals surface area contributed by atoms with Gasteiger partial charge in [-0.3, -0.25) is 4.79 Å². The highest BCUT2D eigenvalue weighted by atomic mass is 16.6. The van der Waals surface area contributed by atoms with E-state index in [-0.39, 0.29) is 23.5 Å². The van der Waals surface area contributed by atoms with Crippen LogP contribution in [0.15, 0.2) is 0 Å². The first-order valence-electron chi connectivity index (χ1n) is 7.44. The summed E-state index contributed by atoms with van der Waals surface area (Å²) in [5, 5.41) is 0. The number of nitrogens with two attached hydrogens (primary N) is 1. The van der Waals surface area contributed by atoms with Crippen molar-refractivity contribution in [3.63, 3.8) is 0 Å². The first kappa shape index (κ1) is 17.8. The molecular formula is C15H28N2O4. The van der Waals surface area contributed by atoms with Gasteiger partial charge in [-0.1, -0.05) is 6.92 Å². The van der Waals surface area contributed by atoms with Gasteiger partial charge in [0.2, 0.25) is 5.91 Å². The number of carbonyl (C=O) groups is 2. The molecule has 0 saturated carbocycles. The fraction of sp³-hybridized carbons (Fsp3) is 0.867. The molecule has 0 bridgehead atoms. The fourth-order valence-corrected chi connectivity index (χ4v) is 2.04. The molecular weight excluding hydrogens is 272 g/mol. The summed E-state index contributed by atoms with van der Waals surface area (Å²) in [5.74, 6) is -0.657. The molecule has 1 rings (SSSR count). The summed E-state index contributed by atoms with van der Waals surface area (Å²) in [6, 6.07) is 0. The van der Waals surface area contributed by atoms with E-state index >= 15 is 0 Å². The average molecular weight is 300 g/mol. The Bertz CT molecular complexity index is 382. The Labute approximate surface area is 126 Å². The van der Waals surface area contributed by atoms with E-state index < -0.39 is 5.60 Å². The maximum absolute atomic E-state index is 12.0. The minimum absolute atomic E-state index is 0.282. The molecule has 6 nitrogen and oxygen atoms in total. The Balaban J connectivity index is 2.43. The van der Waals surface area contributed by atoms with Crippen molar-refractivity contribution in [1.29, 1.82) is 0 Å². The van der Waals surface area contributed by atoms with Crippen LogP contribution in [-0.4, -0.2) is 47.8 Å². The monoisotopic (exact) mass is 300 g/mol. The van der Waals surface area contributed by atoms with Gasteiger partial charge in [0.25, 0.3) is 0 Å². The number of piperidine rings is 1. The van der Waals surface area contributed by atoms with Crippen LogP contribution in [0.1, 0.15) is 47.5 Å². The summed E-state index contributed by atoms with van der Waals surface area (Å²) in [6.07, 6.45) is 1.16. The number of likely N-dealkylation sites (tertiary alicyclic amines) is 1. The molecule has 0 aromatic rings. The molecule has 0 aromatic carbocycles. The van der Waals surface area contributed by atoms with Gasteiger partial charge in [0, 0.05) is 13.1 Å². The number of rotatable bonds is 4. The molecule has 1 saturated heterocycles. The van der Waals surface area contributed by atoms with Crippen LogP contribution in [-0.2, 0) is 14.3 Å². The molecule has 0 aromatic heterocycles. The smallest absolute Gasteiger partial charge is 0.410 e. The molecule has 1 aliphatic heterocycles. The number of carbonyl (C=O) groups excluding carboxylic acids is 2. The van der Waals surface area contributed by atoms with Crippen LogP contribution in [0, 0.1) is 5.92 Å². The Hall–Kier alpha value is -1.30. The quantitative estimate of drug-likeness (QED) is 0.860. The molecule has 1 aliphatic rings. The molecule has 2 N–H and O–H groups in total. The van der Waals surface area contributed by atoms with Gasteiger partial charge >= 0.3 is 6.09 Å². The van der Waals surface area contributed by atoms with Crippen molar-refractivity contribution in [2.24, 2.45) is 11.7 Å². The summed E-state index contributed by atoms with van der Waals surface area (Å²) < 4.78 is 11.2. The second-order valence-electron chi connectivity index (χ2n) is 7.03. The highest BCUT2D eigenvalue weighted by Gasteiger charge is 2.34. The third kappa shape index (κ3) is 5.91. The number of hydrogen-bond acceptors (Lipinski definition) is 4. The standard InChI is InChI=1S/C15H28N2O4/c1-11(12(16)18)10-20-15(5)6-8-17(9-7-15)13(19)21-14(2,3)4/h11H,6-10H2,1-5H3,(H2,16,18). The highest BCUT2D eigenvalue weighted by molar-refractivity contribution is 5.76. The molecule has 1 fully saturated rings. The first-order valence-corrected chi connectivity index (χ1v) is 7.44. The Morgan fingerprint density at radius 3 is 2.24 bits per heavy atom. The maximum atomic E-state index is 12.0. The van der Waals surface area contributed by atoms with Gasteiger partial charge < -0.3 is 20.1 Å². The molecule has 1 unspecified atom stereocenters. The number of hydrogen-bond donors (Lipinski definition) is 1. The van der Waals surface area contributed by atoms with Gasteiger partial charge in [-0.15, -0.1) is 0 Å². The van der Waals surface area contributed by atoms with Crippen LogP contribution in [0.5, 0.6) is 0 Å². The average Bonchev–Trinajstić information content (AvgIpc) is 2.34. The van der Waals surface area contributed by atoms with Gasteiger partial charge in [0.1, 0.15) is 5.60 Å². The molecule has 1 heterocycles. The van der Waals surface area contributed by atoms with Gasteiger partial charge in [0.05, 0.1) is 18.1 Å². The summed E-state index contributed by atoms with van der Waals surface area (Å²) in [7, 11) is 0. The van der Waals surface area contributed by atoms with Crippen LogP contribution < -0.4 is 5.73 Å². The van der Waals surface area contributed by atoms with Crippen molar-refractivity contribution in [3.8, 4) is 0 Å². The molecule has 122 valence electrons. The lowest BCUT2D eigenvalue weighted by atomic mass is 9.93. The normalized spacial score (nSPS) is 20.0. The largest absolute Gasteiger partial charge is 0.444 e. The third-order valence-electron chi connectivity index (χ3n) is 3.64. The highest BCUT2D eigenvalue weighted by Crippen LogP contribution is 2.27. The molecule has 0 aliphatic carbocycles. The van der Waals surface area contributed by atoms with Gasteiger partial charge in [-0.2, -0.15) is 0 Å². The van der Waals surface area contributed by atoms with E-state index in [9.17, 15) is 9.59 Å². The van der Waals surface area contributed by atoms with Crippen molar-refractivity contribution in [1.82, 2.24) is 4.90 Å². The zero-order valence-corrected chi connectivity index (χ0v) is 13.8. The molecule has 2 amide bonds. The second kappa shape index (κ2) is 6.64. The topological polar surface area (TPSA) is 81.9 Å². The summed E-state index contributed by atoms with van der Waals surface area (Å²) in [6.45, 7) is 10.8. The van der Waals surface area contributed by atoms with Gasteiger partial charge in [0.15, 0.2) is 0 Å². The third-order valence-corrected chi connectivity index (χ3v) is 3.64.